The van der Waals surface area contributed by atoms with Crippen molar-refractivity contribution in [3.05, 3.63) is 87.4 Å². The number of imidazole rings is 1. The predicted molar refractivity (Wildman–Crippen MR) is 159 cm³/mol. The Kier molecular flexibility index (Phi) is 5.72. The van der Waals surface area contributed by atoms with Gasteiger partial charge in [-0.25, -0.2) is 17.8 Å². The van der Waals surface area contributed by atoms with Gasteiger partial charge in [0.25, 0.3) is 0 Å². The summed E-state index contributed by atoms with van der Waals surface area (Å²) >= 11 is 12.8. The third-order valence-corrected chi connectivity index (χ3v) is 11.3. The fourth-order valence-electron chi connectivity index (χ4n) is 7.81. The molecule has 1 aliphatic carbocycles. The monoisotopic (exact) mass is 624 g/mol. The van der Waals surface area contributed by atoms with Gasteiger partial charge in [-0.15, -0.1) is 0 Å². The highest BCUT2D eigenvalue weighted by Crippen LogP contribution is 2.64. The van der Waals surface area contributed by atoms with Crippen molar-refractivity contribution >= 4 is 55.7 Å². The van der Waals surface area contributed by atoms with Crippen LogP contribution in [0.15, 0.2) is 59.5 Å². The maximum absolute atomic E-state index is 16.2. The number of benzene rings is 3. The van der Waals surface area contributed by atoms with E-state index in [4.69, 9.17) is 28.2 Å². The Bertz CT molecular complexity index is 1940. The van der Waals surface area contributed by atoms with Crippen molar-refractivity contribution in [2.45, 2.75) is 54.1 Å². The average molecular weight is 626 g/mol. The van der Waals surface area contributed by atoms with Crippen LogP contribution in [0.2, 0.25) is 10.0 Å². The van der Waals surface area contributed by atoms with Crippen molar-refractivity contribution in [2.75, 3.05) is 18.1 Å². The summed E-state index contributed by atoms with van der Waals surface area (Å²) in [7, 11) is -3.44. The first-order valence-corrected chi connectivity index (χ1v) is 16.8. The first-order chi connectivity index (χ1) is 20.1. The fraction of sp³-hybridized carbons (Fsp3) is 0.355. The quantitative estimate of drug-likeness (QED) is 0.297. The molecular weight excluding hydrogens is 598 g/mol. The summed E-state index contributed by atoms with van der Waals surface area (Å²) in [5.41, 5.74) is 1.94. The number of likely N-dealkylation sites (tertiary alicyclic amines) is 1. The minimum absolute atomic E-state index is 0.00307. The van der Waals surface area contributed by atoms with E-state index in [-0.39, 0.29) is 27.8 Å². The summed E-state index contributed by atoms with van der Waals surface area (Å²) in [6.45, 7) is 1.34. The zero-order valence-corrected chi connectivity index (χ0v) is 25.0. The number of anilines is 1. The van der Waals surface area contributed by atoms with Crippen LogP contribution in [0.4, 0.5) is 10.1 Å². The van der Waals surface area contributed by atoms with Crippen LogP contribution in [0, 0.1) is 11.7 Å². The smallest absolute Gasteiger partial charge is 0.250 e. The highest BCUT2D eigenvalue weighted by Gasteiger charge is 2.69. The topological polar surface area (TPSA) is 84.3 Å². The molecule has 1 amide bonds. The number of halogens is 3. The van der Waals surface area contributed by atoms with Gasteiger partial charge >= 0.3 is 0 Å². The predicted octanol–water partition coefficient (Wildman–Crippen LogP) is 6.10. The lowest BCUT2D eigenvalue weighted by atomic mass is 9.70. The second-order valence-corrected chi connectivity index (χ2v) is 14.9. The molecule has 4 aliphatic rings. The molecule has 3 aliphatic heterocycles. The van der Waals surface area contributed by atoms with E-state index in [9.17, 15) is 13.2 Å². The molecule has 1 saturated heterocycles. The van der Waals surface area contributed by atoms with E-state index < -0.39 is 27.1 Å². The molecule has 0 radical (unpaired) electrons. The Morgan fingerprint density at radius 3 is 2.67 bits per heavy atom. The summed E-state index contributed by atoms with van der Waals surface area (Å²) in [5, 5.41) is 3.60. The van der Waals surface area contributed by atoms with Crippen molar-refractivity contribution in [3.8, 4) is 0 Å². The summed E-state index contributed by atoms with van der Waals surface area (Å²) in [5.74, 6) is -0.601. The van der Waals surface area contributed by atoms with Crippen molar-refractivity contribution < 1.29 is 17.6 Å². The van der Waals surface area contributed by atoms with E-state index in [2.05, 4.69) is 14.8 Å². The van der Waals surface area contributed by atoms with Crippen LogP contribution in [-0.4, -0.2) is 47.6 Å². The van der Waals surface area contributed by atoms with Gasteiger partial charge in [-0.2, -0.15) is 0 Å². The molecule has 1 N–H and O–H groups in total. The molecule has 7 nitrogen and oxygen atoms in total. The number of amides is 1. The van der Waals surface area contributed by atoms with E-state index in [1.165, 1.54) is 12.3 Å². The first-order valence-electron chi connectivity index (χ1n) is 14.1. The summed E-state index contributed by atoms with van der Waals surface area (Å²) < 4.78 is 43.0. The van der Waals surface area contributed by atoms with Crippen LogP contribution < -0.4 is 5.32 Å². The van der Waals surface area contributed by atoms with Gasteiger partial charge in [0.2, 0.25) is 5.91 Å². The normalized spacial score (nSPS) is 26.9. The van der Waals surface area contributed by atoms with Crippen LogP contribution in [0.1, 0.15) is 48.0 Å². The second-order valence-electron chi connectivity index (χ2n) is 12.1. The molecule has 8 rings (SSSR count). The van der Waals surface area contributed by atoms with E-state index in [0.717, 1.165) is 36.2 Å². The van der Waals surface area contributed by atoms with Gasteiger partial charge in [0.15, 0.2) is 9.84 Å². The van der Waals surface area contributed by atoms with E-state index >= 15 is 4.39 Å². The molecule has 1 saturated carbocycles. The van der Waals surface area contributed by atoms with Gasteiger partial charge in [-0.1, -0.05) is 41.4 Å². The standard InChI is InChI=1S/C31H27Cl2FN4O3S/c1-42(40,41)18-8-10-24-23(14-18)35-29-26-25(11-12-37(24)29)38(15-16-5-6-16)31(27(26)19-3-2-4-21(33)28(19)34)20-9-7-17(32)13-22(20)36-30(31)39/h2-4,7-10,13-14,16,25-27H,5-6,11-12,15H2,1H3,(H,36,39)/t25-,26+,27-,31+/m0/s1. The maximum Gasteiger partial charge on any atom is 0.250 e. The molecule has 1 spiro atoms. The number of carbonyl (C=O) groups is 1. The molecule has 4 atom stereocenters. The number of aryl methyl sites for hydroxylation is 1. The molecule has 11 heteroatoms. The number of hydrogen-bond acceptors (Lipinski definition) is 5. The van der Waals surface area contributed by atoms with Gasteiger partial charge in [-0.3, -0.25) is 9.69 Å². The second kappa shape index (κ2) is 9.02. The highest BCUT2D eigenvalue weighted by atomic mass is 35.5. The van der Waals surface area contributed by atoms with E-state index in [1.807, 2.05) is 6.07 Å². The molecule has 3 aromatic carbocycles. The molecular formula is C31H27Cl2FN4O3S. The van der Waals surface area contributed by atoms with Crippen LogP contribution in [0.3, 0.4) is 0 Å². The summed E-state index contributed by atoms with van der Waals surface area (Å²) in [6.07, 6.45) is 4.07. The van der Waals surface area contributed by atoms with Gasteiger partial charge in [0.1, 0.15) is 17.2 Å². The first kappa shape index (κ1) is 26.6. The number of nitrogens with zero attached hydrogens (tertiary/aromatic N) is 3. The zero-order chi connectivity index (χ0) is 29.1. The van der Waals surface area contributed by atoms with Crippen LogP contribution in [-0.2, 0) is 26.7 Å². The molecule has 216 valence electrons. The number of rotatable bonds is 4. The Labute approximate surface area is 252 Å². The number of fused-ring (bicyclic) bond motifs is 7. The van der Waals surface area contributed by atoms with E-state index in [1.54, 1.807) is 42.5 Å². The third kappa shape index (κ3) is 3.63. The lowest BCUT2D eigenvalue weighted by molar-refractivity contribution is -0.128. The van der Waals surface area contributed by atoms with Gasteiger partial charge in [0.05, 0.1) is 21.0 Å². The number of aromatic nitrogens is 2. The highest BCUT2D eigenvalue weighted by molar-refractivity contribution is 7.90. The van der Waals surface area contributed by atoms with Crippen molar-refractivity contribution in [1.29, 1.82) is 0 Å². The number of carbonyl (C=O) groups excluding carboxylic acids is 1. The Hall–Kier alpha value is -2.98. The van der Waals surface area contributed by atoms with Crippen LogP contribution >= 0.6 is 23.2 Å². The third-order valence-electron chi connectivity index (χ3n) is 9.66. The zero-order valence-electron chi connectivity index (χ0n) is 22.6. The average Bonchev–Trinajstić information content (AvgIpc) is 3.53. The van der Waals surface area contributed by atoms with Crippen LogP contribution in [0.5, 0.6) is 0 Å². The lowest BCUT2D eigenvalue weighted by Gasteiger charge is -2.40. The van der Waals surface area contributed by atoms with Gasteiger partial charge < -0.3 is 9.88 Å². The molecule has 1 aromatic heterocycles. The lowest BCUT2D eigenvalue weighted by Crippen LogP contribution is -2.53. The van der Waals surface area contributed by atoms with E-state index in [0.29, 0.717) is 40.8 Å². The summed E-state index contributed by atoms with van der Waals surface area (Å²) in [4.78, 5) is 22.0. The number of hydrogen-bond donors (Lipinski definition) is 1. The van der Waals surface area contributed by atoms with Gasteiger partial charge in [0, 0.05) is 53.5 Å². The van der Waals surface area contributed by atoms with Crippen molar-refractivity contribution in [1.82, 2.24) is 14.5 Å². The SMILES string of the molecule is CS(=O)(=O)c1ccc2c(c1)nc1n2CC[C@H]2[C@@H]1[C@H](c1cccc(Cl)c1F)[C@]1(C(=O)Nc3cc(Cl)ccc31)N2CC1CC1. The Morgan fingerprint density at radius 1 is 1.10 bits per heavy atom. The fourth-order valence-corrected chi connectivity index (χ4v) is 8.80. The Balaban J connectivity index is 1.43. The van der Waals surface area contributed by atoms with Crippen LogP contribution in [0.25, 0.3) is 11.0 Å². The van der Waals surface area contributed by atoms with Crippen molar-refractivity contribution in [2.24, 2.45) is 5.92 Å². The number of nitrogens with one attached hydrogen (secondary N) is 1. The van der Waals surface area contributed by atoms with Crippen molar-refractivity contribution in [3.63, 3.8) is 0 Å². The number of sulfone groups is 1. The molecule has 2 fully saturated rings. The molecule has 4 heterocycles. The molecule has 0 unspecified atom stereocenters. The minimum Gasteiger partial charge on any atom is -0.328 e. The molecule has 0 bridgehead atoms. The minimum atomic E-state index is -3.44. The summed E-state index contributed by atoms with van der Waals surface area (Å²) in [6, 6.07) is 15.3. The Morgan fingerprint density at radius 2 is 1.90 bits per heavy atom. The van der Waals surface area contributed by atoms with Gasteiger partial charge in [-0.05, 0) is 67.1 Å². The molecule has 42 heavy (non-hydrogen) atoms. The maximum atomic E-state index is 16.2. The largest absolute Gasteiger partial charge is 0.328 e. The molecule has 4 aromatic rings.